The summed E-state index contributed by atoms with van der Waals surface area (Å²) in [7, 11) is -5.11. The Labute approximate surface area is 230 Å². The van der Waals surface area contributed by atoms with Crippen molar-refractivity contribution in [3.05, 3.63) is 47.8 Å². The Balaban J connectivity index is 1.87. The van der Waals surface area contributed by atoms with Crippen LogP contribution in [0, 0.1) is 17.2 Å². The number of carboxylic acid groups (broad SMARTS) is 1. The van der Waals surface area contributed by atoms with Crippen molar-refractivity contribution in [2.75, 3.05) is 18.1 Å². The molecule has 4 rings (SSSR count). The van der Waals surface area contributed by atoms with E-state index < -0.39 is 105 Å². The fourth-order valence-corrected chi connectivity index (χ4v) is 6.76. The van der Waals surface area contributed by atoms with E-state index in [2.05, 4.69) is 0 Å². The lowest BCUT2D eigenvalue weighted by atomic mass is 9.67. The van der Waals surface area contributed by atoms with Gasteiger partial charge in [0.25, 0.3) is 0 Å². The van der Waals surface area contributed by atoms with E-state index in [9.17, 15) is 49.8 Å². The zero-order chi connectivity index (χ0) is 30.5. The number of alkyl halides is 6. The summed E-state index contributed by atoms with van der Waals surface area (Å²) < 4.78 is 131. The van der Waals surface area contributed by atoms with Crippen molar-refractivity contribution in [3.8, 4) is 5.75 Å². The molecule has 0 saturated heterocycles. The quantitative estimate of drug-likeness (QED) is 0.367. The number of ether oxygens (including phenoxy) is 1. The summed E-state index contributed by atoms with van der Waals surface area (Å²) in [5, 5.41) is 19.1. The smallest absolute Gasteiger partial charge is 0.420 e. The molecule has 2 atom stereocenters. The molecule has 0 aromatic heterocycles. The number of anilines is 2. The first-order valence-electron chi connectivity index (χ1n) is 12.4. The molecule has 2 aromatic rings. The monoisotopic (exact) mass is 613 g/mol. The average molecular weight is 614 g/mol. The molecule has 2 N–H and O–H groups in total. The number of sulfone groups is 1. The van der Waals surface area contributed by atoms with E-state index in [1.165, 1.54) is 0 Å². The maximum Gasteiger partial charge on any atom is 0.420 e. The van der Waals surface area contributed by atoms with Gasteiger partial charge in [-0.1, -0.05) is 0 Å². The molecule has 1 aliphatic carbocycles. The number of aliphatic hydroxyl groups is 1. The van der Waals surface area contributed by atoms with Crippen LogP contribution in [0.4, 0.5) is 42.1 Å². The Morgan fingerprint density at radius 3 is 2.24 bits per heavy atom. The van der Waals surface area contributed by atoms with E-state index in [1.54, 1.807) is 0 Å². The summed E-state index contributed by atoms with van der Waals surface area (Å²) in [4.78, 5) is 11.8. The van der Waals surface area contributed by atoms with Crippen molar-refractivity contribution >= 4 is 27.2 Å². The van der Waals surface area contributed by atoms with Crippen molar-refractivity contribution in [2.45, 2.75) is 61.2 Å². The van der Waals surface area contributed by atoms with Gasteiger partial charge in [0.15, 0.2) is 0 Å². The first kappa shape index (κ1) is 30.9. The number of rotatable bonds is 8. The third-order valence-corrected chi connectivity index (χ3v) is 9.27. The van der Waals surface area contributed by atoms with E-state index in [4.69, 9.17) is 4.74 Å². The molecule has 0 spiro atoms. The van der Waals surface area contributed by atoms with Gasteiger partial charge in [-0.15, -0.1) is 0 Å². The van der Waals surface area contributed by atoms with E-state index >= 15 is 4.39 Å². The molecule has 15 heteroatoms. The zero-order valence-electron chi connectivity index (χ0n) is 21.5. The van der Waals surface area contributed by atoms with Gasteiger partial charge in [0.1, 0.15) is 23.6 Å². The van der Waals surface area contributed by atoms with E-state index in [0.717, 1.165) is 29.2 Å². The van der Waals surface area contributed by atoms with Crippen LogP contribution in [0.2, 0.25) is 0 Å². The molecule has 2 aromatic carbocycles. The minimum Gasteiger partial charge on any atom is -0.492 e. The highest BCUT2D eigenvalue weighted by Crippen LogP contribution is 2.49. The van der Waals surface area contributed by atoms with Gasteiger partial charge in [-0.25, -0.2) is 26.0 Å². The van der Waals surface area contributed by atoms with Crippen LogP contribution >= 0.6 is 0 Å². The predicted molar refractivity (Wildman–Crippen MR) is 131 cm³/mol. The second-order valence-corrected chi connectivity index (χ2v) is 12.6. The van der Waals surface area contributed by atoms with Crippen LogP contribution in [0.25, 0.3) is 0 Å². The summed E-state index contributed by atoms with van der Waals surface area (Å²) in [6, 6.07) is 4.96. The molecule has 1 heterocycles. The fraction of sp³-hybridized carbons (Fsp3) is 0.500. The number of aliphatic carboxylic acids is 1. The highest BCUT2D eigenvalue weighted by atomic mass is 32.2. The third kappa shape index (κ3) is 6.25. The van der Waals surface area contributed by atoms with Gasteiger partial charge in [-0.05, 0) is 56.5 Å². The number of carbonyl (C=O) groups is 1. The largest absolute Gasteiger partial charge is 0.492 e. The Morgan fingerprint density at radius 1 is 1.12 bits per heavy atom. The maximum atomic E-state index is 15.7. The molecule has 0 unspecified atom stereocenters. The van der Waals surface area contributed by atoms with Crippen molar-refractivity contribution in [1.29, 1.82) is 0 Å². The number of hydrogen-bond acceptors (Lipinski definition) is 6. The number of halogens is 7. The molecule has 1 fully saturated rings. The van der Waals surface area contributed by atoms with Gasteiger partial charge >= 0.3 is 12.1 Å². The summed E-state index contributed by atoms with van der Waals surface area (Å²) in [5.41, 5.74) is -6.71. The van der Waals surface area contributed by atoms with E-state index in [0.29, 0.717) is 19.1 Å². The van der Waals surface area contributed by atoms with Crippen LogP contribution in [-0.2, 0) is 20.8 Å². The van der Waals surface area contributed by atoms with Crippen LogP contribution in [0.5, 0.6) is 5.75 Å². The van der Waals surface area contributed by atoms with Gasteiger partial charge in [-0.3, -0.25) is 4.79 Å². The average Bonchev–Trinajstić information content (AvgIpc) is 2.91. The first-order valence-corrected chi connectivity index (χ1v) is 14.0. The van der Waals surface area contributed by atoms with Gasteiger partial charge in [0.2, 0.25) is 21.3 Å². The van der Waals surface area contributed by atoms with Crippen molar-refractivity contribution in [2.24, 2.45) is 11.3 Å². The minimum atomic E-state index is -5.16. The number of nitrogens with zero attached hydrogens (tertiary/aromatic N) is 1. The summed E-state index contributed by atoms with van der Waals surface area (Å²) >= 11 is 0. The normalized spacial score (nSPS) is 26.1. The van der Waals surface area contributed by atoms with Gasteiger partial charge in [0.05, 0.1) is 22.3 Å². The molecule has 2 aliphatic rings. The molecule has 226 valence electrons. The van der Waals surface area contributed by atoms with Crippen molar-refractivity contribution in [3.63, 3.8) is 0 Å². The Morgan fingerprint density at radius 2 is 1.73 bits per heavy atom. The summed E-state index contributed by atoms with van der Waals surface area (Å²) in [6.45, 7) is -0.926. The minimum absolute atomic E-state index is 0.0275. The molecular formula is C26H26F7NO6S. The van der Waals surface area contributed by atoms with Crippen molar-refractivity contribution < 1.29 is 58.9 Å². The lowest BCUT2D eigenvalue weighted by Gasteiger charge is -2.41. The fourth-order valence-electron chi connectivity index (χ4n) is 5.06. The molecule has 1 aliphatic heterocycles. The predicted octanol–water partition coefficient (Wildman–Crippen LogP) is 5.72. The highest BCUT2D eigenvalue weighted by Gasteiger charge is 2.52. The molecule has 41 heavy (non-hydrogen) atoms. The Hall–Kier alpha value is -3.07. The Bertz CT molecular complexity index is 1400. The number of carboxylic acids is 1. The van der Waals surface area contributed by atoms with Crippen LogP contribution in [-0.4, -0.2) is 55.3 Å². The lowest BCUT2D eigenvalue weighted by Crippen LogP contribution is -2.50. The number of aliphatic hydroxyl groups excluding tert-OH is 1. The topological polar surface area (TPSA) is 104 Å². The number of fused-ring (bicyclic) bond motifs is 1. The van der Waals surface area contributed by atoms with Crippen molar-refractivity contribution in [1.82, 2.24) is 0 Å². The standard InChI is InChI=1S/C26H26F7NO6S/c1-24(29,30)7-6-14-12-34(16-4-2-15(27)3-5-16)19-8-18(26(31,32)33)20(9-21(19)41(38,39)22(14)28)40-13-25(23(36)37)10-17(35)11-25/h2-5,8-9,14,17,22,35H,6-7,10-13H2,1H3,(H,36,37)/t14-,17?,22+,25?/m1/s1. The van der Waals surface area contributed by atoms with E-state index in [-0.39, 0.29) is 18.5 Å². The molecule has 7 nitrogen and oxygen atoms in total. The van der Waals surface area contributed by atoms with Crippen LogP contribution in [0.1, 0.15) is 38.2 Å². The maximum absolute atomic E-state index is 15.7. The van der Waals surface area contributed by atoms with Crippen LogP contribution in [0.15, 0.2) is 41.3 Å². The first-order chi connectivity index (χ1) is 18.8. The molecule has 0 bridgehead atoms. The number of hydrogen-bond donors (Lipinski definition) is 2. The SMILES string of the molecule is CC(F)(F)CC[C@@H]1CN(c2ccc(F)cc2)c2cc(C(F)(F)F)c(OCC3(C(=O)O)CC(O)C3)cc2S(=O)(=O)[C@@H]1F. The number of benzene rings is 2. The molecule has 1 saturated carbocycles. The zero-order valence-corrected chi connectivity index (χ0v) is 22.3. The summed E-state index contributed by atoms with van der Waals surface area (Å²) in [5.74, 6) is -8.17. The second-order valence-electron chi connectivity index (χ2n) is 10.6. The van der Waals surface area contributed by atoms with Crippen LogP contribution in [0.3, 0.4) is 0 Å². The molecular weight excluding hydrogens is 587 g/mol. The summed E-state index contributed by atoms with van der Waals surface area (Å²) in [6.07, 6.45) is -8.37. The van der Waals surface area contributed by atoms with Gasteiger partial charge in [-0.2, -0.15) is 13.2 Å². The van der Waals surface area contributed by atoms with Crippen LogP contribution < -0.4 is 9.64 Å². The third-order valence-electron chi connectivity index (χ3n) is 7.35. The Kier molecular flexibility index (Phi) is 8.02. The second kappa shape index (κ2) is 10.6. The van der Waals surface area contributed by atoms with Gasteiger partial charge in [0, 0.05) is 30.6 Å². The molecule has 0 radical (unpaired) electrons. The van der Waals surface area contributed by atoms with E-state index in [1.807, 2.05) is 0 Å². The lowest BCUT2D eigenvalue weighted by molar-refractivity contribution is -0.167. The highest BCUT2D eigenvalue weighted by molar-refractivity contribution is 7.92. The van der Waals surface area contributed by atoms with Gasteiger partial charge < -0.3 is 19.8 Å². The molecule has 0 amide bonds.